The van der Waals surface area contributed by atoms with E-state index >= 15 is 0 Å². The molecule has 0 aliphatic rings. The van der Waals surface area contributed by atoms with Crippen LogP contribution in [0.15, 0.2) is 103 Å². The van der Waals surface area contributed by atoms with Gasteiger partial charge in [0.2, 0.25) is 5.82 Å². The summed E-state index contributed by atoms with van der Waals surface area (Å²) in [5, 5.41) is 18.3. The number of esters is 1. The van der Waals surface area contributed by atoms with Gasteiger partial charge < -0.3 is 15.6 Å². The summed E-state index contributed by atoms with van der Waals surface area (Å²) in [6.45, 7) is 6.48. The number of alkyl halides is 6. The van der Waals surface area contributed by atoms with Crippen LogP contribution in [0.25, 0.3) is 22.8 Å². The monoisotopic (exact) mass is 835 g/mol. The number of benzene rings is 4. The molecule has 60 heavy (non-hydrogen) atoms. The number of rotatable bonds is 13. The summed E-state index contributed by atoms with van der Waals surface area (Å²) in [6, 6.07) is 24.7. The van der Waals surface area contributed by atoms with Crippen LogP contribution in [0.4, 0.5) is 26.3 Å². The largest absolute Gasteiger partial charge is 0.475 e. The molecule has 0 aliphatic carbocycles. The lowest BCUT2D eigenvalue weighted by Gasteiger charge is -2.19. The van der Waals surface area contributed by atoms with E-state index in [4.69, 9.17) is 10.5 Å². The maximum Gasteiger partial charge on any atom is 0.416 e. The molecule has 0 saturated carbocycles. The van der Waals surface area contributed by atoms with Gasteiger partial charge in [-0.3, -0.25) is 9.48 Å². The minimum atomic E-state index is -4.41. The highest BCUT2D eigenvalue weighted by molar-refractivity contribution is 5.84. The highest BCUT2D eigenvalue weighted by Gasteiger charge is 2.31. The van der Waals surface area contributed by atoms with Gasteiger partial charge in [0.15, 0.2) is 11.6 Å². The quantitative estimate of drug-likeness (QED) is 0.0859. The molecule has 2 aromatic heterocycles. The van der Waals surface area contributed by atoms with Crippen molar-refractivity contribution >= 4 is 11.9 Å². The molecule has 0 amide bonds. The molecule has 0 saturated heterocycles. The predicted molar refractivity (Wildman–Crippen MR) is 211 cm³/mol. The second kappa shape index (κ2) is 19.1. The third kappa shape index (κ3) is 12.6. The first kappa shape index (κ1) is 44.7. The van der Waals surface area contributed by atoms with Gasteiger partial charge in [0.25, 0.3) is 0 Å². The van der Waals surface area contributed by atoms with Gasteiger partial charge in [-0.25, -0.2) is 19.4 Å². The number of carbonyl (C=O) groups is 2. The van der Waals surface area contributed by atoms with E-state index in [-0.39, 0.29) is 24.6 Å². The zero-order chi connectivity index (χ0) is 43.7. The van der Waals surface area contributed by atoms with E-state index in [0.717, 1.165) is 46.5 Å². The Morgan fingerprint density at radius 1 is 0.700 bits per heavy atom. The maximum atomic E-state index is 12.8. The summed E-state index contributed by atoms with van der Waals surface area (Å²) < 4.78 is 84.7. The highest BCUT2D eigenvalue weighted by Crippen LogP contribution is 2.32. The molecule has 316 valence electrons. The van der Waals surface area contributed by atoms with Crippen molar-refractivity contribution in [1.29, 1.82) is 0 Å². The Kier molecular flexibility index (Phi) is 14.3. The molecule has 0 aliphatic heterocycles. The van der Waals surface area contributed by atoms with E-state index in [1.165, 1.54) is 28.9 Å². The lowest BCUT2D eigenvalue weighted by atomic mass is 9.98. The zero-order valence-corrected chi connectivity index (χ0v) is 33.0. The Morgan fingerprint density at radius 3 is 1.67 bits per heavy atom. The minimum absolute atomic E-state index is 0.0933. The van der Waals surface area contributed by atoms with Crippen LogP contribution in [0.5, 0.6) is 0 Å². The van der Waals surface area contributed by atoms with E-state index in [0.29, 0.717) is 49.3 Å². The molecule has 17 heteroatoms. The van der Waals surface area contributed by atoms with Crippen molar-refractivity contribution in [2.24, 2.45) is 5.73 Å². The second-order valence-corrected chi connectivity index (χ2v) is 14.7. The number of ether oxygens (including phenoxy) is 1. The van der Waals surface area contributed by atoms with Crippen LogP contribution < -0.4 is 5.73 Å². The van der Waals surface area contributed by atoms with Crippen molar-refractivity contribution in [3.05, 3.63) is 143 Å². The summed E-state index contributed by atoms with van der Waals surface area (Å²) >= 11 is 0. The Bertz CT molecular complexity index is 2370. The molecule has 0 spiro atoms. The number of hydrogen-bond donors (Lipinski definition) is 2. The number of hydrogen-bond acceptors (Lipinski definition) is 8. The molecule has 4 aromatic carbocycles. The van der Waals surface area contributed by atoms with Crippen LogP contribution in [0.2, 0.25) is 0 Å². The maximum absolute atomic E-state index is 12.8. The van der Waals surface area contributed by atoms with E-state index < -0.39 is 41.0 Å². The van der Waals surface area contributed by atoms with Crippen molar-refractivity contribution in [2.75, 3.05) is 6.54 Å². The highest BCUT2D eigenvalue weighted by atomic mass is 19.4. The summed E-state index contributed by atoms with van der Waals surface area (Å²) in [7, 11) is 0. The molecule has 0 fully saturated rings. The number of aromatic nitrogens is 6. The van der Waals surface area contributed by atoms with E-state index in [1.54, 1.807) is 56.0 Å². The first-order valence-corrected chi connectivity index (χ1v) is 18.8. The normalized spacial score (nSPS) is 11.8. The molecule has 0 bridgehead atoms. The Hall–Kier alpha value is -6.36. The number of aromatic carboxylic acids is 1. The standard InChI is InChI=1S/C25H26F3N3O4.C18H17F3N4/c1-24(2,3)35-20(32)9-6-14-31-22(23(33)34)29-21(30-31)19-8-5-4-7-17(19)15-16-10-12-18(13-11-16)25(26,27)28;19-18(20,21)15-7-5-13(6-8-15)11-14-3-1-2-4-16(14)17-23-12-25(24-17)10-9-22/h4-5,7-8,10-13H,6,9,14-15H2,1-3H3,(H,33,34);1-8,12H,9-11,22H2. The van der Waals surface area contributed by atoms with Crippen molar-refractivity contribution in [3.63, 3.8) is 0 Å². The SMILES string of the molecule is CC(C)(C)OC(=O)CCCn1nc(-c2ccccc2Cc2ccc(C(F)(F)F)cc2)nc1C(=O)O.NCCn1cnc(-c2ccccc2Cc2ccc(C(F)(F)F)cc2)n1. The predicted octanol–water partition coefficient (Wildman–Crippen LogP) is 8.89. The summed E-state index contributed by atoms with van der Waals surface area (Å²) in [5.41, 5.74) is 8.09. The molecule has 2 heterocycles. The lowest BCUT2D eigenvalue weighted by Crippen LogP contribution is -2.24. The molecule has 0 unspecified atom stereocenters. The molecular weight excluding hydrogens is 793 g/mol. The molecule has 0 radical (unpaired) electrons. The molecule has 0 atom stereocenters. The zero-order valence-electron chi connectivity index (χ0n) is 33.0. The van der Waals surface area contributed by atoms with E-state index in [2.05, 4.69) is 20.2 Å². The van der Waals surface area contributed by atoms with E-state index in [1.807, 2.05) is 24.3 Å². The van der Waals surface area contributed by atoms with Gasteiger partial charge in [0.1, 0.15) is 11.9 Å². The Morgan fingerprint density at radius 2 is 1.20 bits per heavy atom. The third-order valence-electron chi connectivity index (χ3n) is 8.80. The fraction of sp³-hybridized carbons (Fsp3) is 0.302. The van der Waals surface area contributed by atoms with Crippen molar-refractivity contribution in [3.8, 4) is 22.8 Å². The third-order valence-corrected chi connectivity index (χ3v) is 8.80. The van der Waals surface area contributed by atoms with Gasteiger partial charge >= 0.3 is 24.3 Å². The summed E-state index contributed by atoms with van der Waals surface area (Å²) in [6.07, 6.45) is -5.90. The Balaban J connectivity index is 0.000000240. The summed E-state index contributed by atoms with van der Waals surface area (Å²) in [4.78, 5) is 32.1. The number of carboxylic acid groups (broad SMARTS) is 1. The van der Waals surface area contributed by atoms with Crippen LogP contribution >= 0.6 is 0 Å². The molecule has 6 aromatic rings. The van der Waals surface area contributed by atoms with Crippen LogP contribution in [0, 0.1) is 0 Å². The molecule has 6 rings (SSSR count). The van der Waals surface area contributed by atoms with Gasteiger partial charge in [0, 0.05) is 30.6 Å². The second-order valence-electron chi connectivity index (χ2n) is 14.7. The van der Waals surface area contributed by atoms with Crippen LogP contribution in [0.3, 0.4) is 0 Å². The number of carboxylic acids is 1. The number of carbonyl (C=O) groups excluding carboxylic acids is 1. The number of halogens is 6. The average molecular weight is 836 g/mol. The first-order chi connectivity index (χ1) is 28.3. The van der Waals surface area contributed by atoms with Gasteiger partial charge in [-0.15, -0.1) is 0 Å². The van der Waals surface area contributed by atoms with E-state index in [9.17, 15) is 41.0 Å². The van der Waals surface area contributed by atoms with Gasteiger partial charge in [-0.05, 0) is 86.6 Å². The lowest BCUT2D eigenvalue weighted by molar-refractivity contribution is -0.155. The average Bonchev–Trinajstić information content (AvgIpc) is 3.83. The smallest absolute Gasteiger partial charge is 0.416 e. The number of aryl methyl sites for hydroxylation is 1. The topological polar surface area (TPSA) is 151 Å². The van der Waals surface area contributed by atoms with Crippen LogP contribution in [-0.4, -0.2) is 58.7 Å². The molecular formula is C43H43F6N7O4. The van der Waals surface area contributed by atoms with Crippen LogP contribution in [-0.2, 0) is 47.8 Å². The first-order valence-electron chi connectivity index (χ1n) is 18.8. The van der Waals surface area contributed by atoms with Crippen molar-refractivity contribution in [2.45, 2.75) is 77.5 Å². The van der Waals surface area contributed by atoms with Gasteiger partial charge in [-0.1, -0.05) is 72.8 Å². The number of nitrogens with zero attached hydrogens (tertiary/aromatic N) is 6. The van der Waals surface area contributed by atoms with Gasteiger partial charge in [0.05, 0.1) is 17.7 Å². The fourth-order valence-corrected chi connectivity index (χ4v) is 6.04. The van der Waals surface area contributed by atoms with Gasteiger partial charge in [-0.2, -0.15) is 36.5 Å². The van der Waals surface area contributed by atoms with Crippen LogP contribution in [0.1, 0.15) is 77.6 Å². The fourth-order valence-electron chi connectivity index (χ4n) is 6.04. The minimum Gasteiger partial charge on any atom is -0.475 e. The number of nitrogens with two attached hydrogens (primary N) is 1. The molecule has 3 N–H and O–H groups in total. The van der Waals surface area contributed by atoms with Crippen molar-refractivity contribution < 1.29 is 45.8 Å². The van der Waals surface area contributed by atoms with Crippen molar-refractivity contribution in [1.82, 2.24) is 29.5 Å². The Labute approximate surface area is 341 Å². The molecule has 11 nitrogen and oxygen atoms in total. The summed E-state index contributed by atoms with van der Waals surface area (Å²) in [5.74, 6) is -1.16.